The number of nitrogens with zero attached hydrogens (tertiary/aromatic N) is 2. The molecule has 1 unspecified atom stereocenters. The van der Waals surface area contributed by atoms with Crippen LogP contribution in [0.1, 0.15) is 30.8 Å². The molecule has 1 N–H and O–H groups in total. The number of amides is 1. The van der Waals surface area contributed by atoms with Crippen LogP contribution in [0.3, 0.4) is 0 Å². The van der Waals surface area contributed by atoms with Crippen LogP contribution in [0.2, 0.25) is 5.02 Å². The molecular weight excluding hydrogens is 386 g/mol. The Morgan fingerprint density at radius 3 is 2.62 bits per heavy atom. The van der Waals surface area contributed by atoms with Gasteiger partial charge in [-0.15, -0.1) is 0 Å². The minimum Gasteiger partial charge on any atom is -0.350 e. The Balaban J connectivity index is 1.34. The van der Waals surface area contributed by atoms with E-state index in [9.17, 15) is 4.79 Å². The summed E-state index contributed by atoms with van der Waals surface area (Å²) in [4.78, 5) is 16.7. The zero-order valence-electron chi connectivity index (χ0n) is 15.9. The van der Waals surface area contributed by atoms with Crippen LogP contribution in [0, 0.1) is 0 Å². The smallest absolute Gasteiger partial charge is 0.227 e. The SMILES string of the molecule is CC(NC(=O)CCc1nc(-c2ccc(Cl)cc2)no1)c1ccc2ccccc2c1. The van der Waals surface area contributed by atoms with Gasteiger partial charge in [-0.3, -0.25) is 4.79 Å². The van der Waals surface area contributed by atoms with Gasteiger partial charge in [0.1, 0.15) is 0 Å². The van der Waals surface area contributed by atoms with Crippen LogP contribution in [0.15, 0.2) is 71.3 Å². The first-order valence-electron chi connectivity index (χ1n) is 9.45. The lowest BCUT2D eigenvalue weighted by Gasteiger charge is -2.15. The lowest BCUT2D eigenvalue weighted by molar-refractivity contribution is -0.121. The fourth-order valence-corrected chi connectivity index (χ4v) is 3.29. The van der Waals surface area contributed by atoms with E-state index in [1.165, 1.54) is 5.39 Å². The van der Waals surface area contributed by atoms with Gasteiger partial charge >= 0.3 is 0 Å². The van der Waals surface area contributed by atoms with Gasteiger partial charge in [-0.1, -0.05) is 53.2 Å². The Morgan fingerprint density at radius 1 is 1.07 bits per heavy atom. The van der Waals surface area contributed by atoms with E-state index in [2.05, 4.69) is 39.7 Å². The normalized spacial score (nSPS) is 12.1. The Bertz CT molecular complexity index is 1140. The monoisotopic (exact) mass is 405 g/mol. The summed E-state index contributed by atoms with van der Waals surface area (Å²) in [6.07, 6.45) is 0.664. The van der Waals surface area contributed by atoms with Crippen LogP contribution in [0.25, 0.3) is 22.2 Å². The highest BCUT2D eigenvalue weighted by Crippen LogP contribution is 2.21. The van der Waals surface area contributed by atoms with Gasteiger partial charge in [-0.05, 0) is 53.6 Å². The molecule has 0 bridgehead atoms. The lowest BCUT2D eigenvalue weighted by Crippen LogP contribution is -2.26. The van der Waals surface area contributed by atoms with Crippen LogP contribution in [0.4, 0.5) is 0 Å². The Hall–Kier alpha value is -3.18. The molecule has 29 heavy (non-hydrogen) atoms. The predicted octanol–water partition coefficient (Wildman–Crippen LogP) is 5.35. The highest BCUT2D eigenvalue weighted by atomic mass is 35.5. The third kappa shape index (κ3) is 4.63. The minimum atomic E-state index is -0.0839. The van der Waals surface area contributed by atoms with Gasteiger partial charge in [0.25, 0.3) is 0 Å². The molecule has 4 aromatic rings. The van der Waals surface area contributed by atoms with Gasteiger partial charge in [0, 0.05) is 23.4 Å². The largest absolute Gasteiger partial charge is 0.350 e. The van der Waals surface area contributed by atoms with E-state index >= 15 is 0 Å². The molecule has 0 aliphatic carbocycles. The van der Waals surface area contributed by atoms with Crippen LogP contribution in [-0.2, 0) is 11.2 Å². The summed E-state index contributed by atoms with van der Waals surface area (Å²) < 4.78 is 5.26. The van der Waals surface area contributed by atoms with Gasteiger partial charge in [0.2, 0.25) is 17.6 Å². The van der Waals surface area contributed by atoms with Crippen molar-refractivity contribution in [1.82, 2.24) is 15.5 Å². The number of halogens is 1. The summed E-state index contributed by atoms with van der Waals surface area (Å²) in [7, 11) is 0. The fourth-order valence-electron chi connectivity index (χ4n) is 3.17. The van der Waals surface area contributed by atoms with Gasteiger partial charge in [0.15, 0.2) is 0 Å². The van der Waals surface area contributed by atoms with E-state index in [4.69, 9.17) is 16.1 Å². The number of benzene rings is 3. The van der Waals surface area contributed by atoms with E-state index in [0.29, 0.717) is 23.2 Å². The zero-order valence-corrected chi connectivity index (χ0v) is 16.7. The molecule has 0 aliphatic rings. The van der Waals surface area contributed by atoms with Crippen LogP contribution >= 0.6 is 11.6 Å². The lowest BCUT2D eigenvalue weighted by atomic mass is 10.0. The number of aromatic nitrogens is 2. The summed E-state index contributed by atoms with van der Waals surface area (Å²) in [5, 5.41) is 9.99. The van der Waals surface area contributed by atoms with E-state index in [0.717, 1.165) is 16.5 Å². The van der Waals surface area contributed by atoms with E-state index in [1.807, 2.05) is 37.3 Å². The topological polar surface area (TPSA) is 68.0 Å². The molecule has 1 atom stereocenters. The van der Waals surface area contributed by atoms with Gasteiger partial charge in [0.05, 0.1) is 6.04 Å². The summed E-state index contributed by atoms with van der Waals surface area (Å²) in [6.45, 7) is 1.98. The number of carbonyl (C=O) groups excluding carboxylic acids is 1. The third-order valence-corrected chi connectivity index (χ3v) is 5.04. The first kappa shape index (κ1) is 19.2. The highest BCUT2D eigenvalue weighted by Gasteiger charge is 2.13. The Kier molecular flexibility index (Phi) is 5.58. The standard InChI is InChI=1S/C23H20ClN3O2/c1-15(18-7-6-16-4-2-3-5-19(16)14-18)25-21(28)12-13-22-26-23(27-29-22)17-8-10-20(24)11-9-17/h2-11,14-15H,12-13H2,1H3,(H,25,28). The first-order chi connectivity index (χ1) is 14.1. The number of hydrogen-bond acceptors (Lipinski definition) is 4. The Labute approximate surface area is 173 Å². The van der Waals surface area contributed by atoms with Crippen molar-refractivity contribution in [3.8, 4) is 11.4 Å². The predicted molar refractivity (Wildman–Crippen MR) is 114 cm³/mol. The molecule has 0 spiro atoms. The van der Waals surface area contributed by atoms with Crippen molar-refractivity contribution in [2.45, 2.75) is 25.8 Å². The summed E-state index contributed by atoms with van der Waals surface area (Å²) in [5.74, 6) is 0.863. The fraction of sp³-hybridized carbons (Fsp3) is 0.174. The summed E-state index contributed by atoms with van der Waals surface area (Å²) in [5.41, 5.74) is 1.89. The third-order valence-electron chi connectivity index (χ3n) is 4.79. The van der Waals surface area contributed by atoms with Crippen molar-refractivity contribution in [3.05, 3.63) is 83.2 Å². The van der Waals surface area contributed by atoms with Crippen LogP contribution in [-0.4, -0.2) is 16.0 Å². The molecule has 3 aromatic carbocycles. The van der Waals surface area contributed by atoms with Crippen LogP contribution < -0.4 is 5.32 Å². The van der Waals surface area contributed by atoms with Gasteiger partial charge in [-0.25, -0.2) is 0 Å². The van der Waals surface area contributed by atoms with Crippen LogP contribution in [0.5, 0.6) is 0 Å². The quantitative estimate of drug-likeness (QED) is 0.469. The molecule has 1 amide bonds. The molecule has 6 heteroatoms. The van der Waals surface area contributed by atoms with E-state index < -0.39 is 0 Å². The number of carbonyl (C=O) groups is 1. The number of hydrogen-bond donors (Lipinski definition) is 1. The second kappa shape index (κ2) is 8.45. The van der Waals surface area contributed by atoms with Crippen molar-refractivity contribution in [3.63, 3.8) is 0 Å². The average Bonchev–Trinajstić information content (AvgIpc) is 3.21. The van der Waals surface area contributed by atoms with E-state index in [1.54, 1.807) is 12.1 Å². The molecule has 1 heterocycles. The molecule has 146 valence electrons. The molecule has 0 aliphatic heterocycles. The van der Waals surface area contributed by atoms with Crippen molar-refractivity contribution in [1.29, 1.82) is 0 Å². The van der Waals surface area contributed by atoms with Crippen molar-refractivity contribution >= 4 is 28.3 Å². The highest BCUT2D eigenvalue weighted by molar-refractivity contribution is 6.30. The molecule has 4 rings (SSSR count). The average molecular weight is 406 g/mol. The summed E-state index contributed by atoms with van der Waals surface area (Å²) in [6, 6.07) is 21.5. The van der Waals surface area contributed by atoms with Crippen molar-refractivity contribution < 1.29 is 9.32 Å². The number of aryl methyl sites for hydroxylation is 1. The Morgan fingerprint density at radius 2 is 1.83 bits per heavy atom. The number of rotatable bonds is 6. The second-order valence-corrected chi connectivity index (χ2v) is 7.35. The molecular formula is C23H20ClN3O2. The maximum absolute atomic E-state index is 12.4. The molecule has 5 nitrogen and oxygen atoms in total. The van der Waals surface area contributed by atoms with Gasteiger partial charge in [-0.2, -0.15) is 4.98 Å². The molecule has 0 saturated heterocycles. The number of nitrogens with one attached hydrogen (secondary N) is 1. The van der Waals surface area contributed by atoms with Crippen molar-refractivity contribution in [2.75, 3.05) is 0 Å². The maximum Gasteiger partial charge on any atom is 0.227 e. The molecule has 1 aromatic heterocycles. The summed E-state index contributed by atoms with van der Waals surface area (Å²) >= 11 is 5.89. The maximum atomic E-state index is 12.4. The molecule has 0 radical (unpaired) electrons. The van der Waals surface area contributed by atoms with E-state index in [-0.39, 0.29) is 18.4 Å². The van der Waals surface area contributed by atoms with Crippen molar-refractivity contribution in [2.24, 2.45) is 0 Å². The first-order valence-corrected chi connectivity index (χ1v) is 9.83. The molecule has 0 fully saturated rings. The number of fused-ring (bicyclic) bond motifs is 1. The minimum absolute atomic E-state index is 0.0584. The molecule has 0 saturated carbocycles. The van der Waals surface area contributed by atoms with Gasteiger partial charge < -0.3 is 9.84 Å². The second-order valence-electron chi connectivity index (χ2n) is 6.91. The zero-order chi connectivity index (χ0) is 20.2.